The monoisotopic (exact) mass is 190 g/mol. The van der Waals surface area contributed by atoms with Crippen LogP contribution in [0.1, 0.15) is 5.56 Å². The van der Waals surface area contributed by atoms with E-state index in [1.165, 1.54) is 6.08 Å². The molecule has 1 rings (SSSR count). The molecule has 0 unspecified atom stereocenters. The third kappa shape index (κ3) is 3.17. The van der Waals surface area contributed by atoms with Crippen LogP contribution in [0.2, 0.25) is 0 Å². The SMILES string of the molecule is C=C[C@@H](O)[C@@H](O)/C=C/c1ccccc1. The van der Waals surface area contributed by atoms with Crippen molar-refractivity contribution in [3.8, 4) is 0 Å². The third-order valence-electron chi connectivity index (χ3n) is 1.88. The Bertz CT molecular complexity index is 303. The standard InChI is InChI=1S/C12H14O2/c1-2-11(13)12(14)9-8-10-6-4-3-5-7-10/h2-9,11-14H,1H2/b9-8+/t11-,12+/m1/s1. The van der Waals surface area contributed by atoms with Gasteiger partial charge in [0.2, 0.25) is 0 Å². The molecule has 2 heteroatoms. The number of hydrogen-bond acceptors (Lipinski definition) is 2. The first-order valence-corrected chi connectivity index (χ1v) is 4.46. The van der Waals surface area contributed by atoms with Crippen molar-refractivity contribution in [2.45, 2.75) is 12.2 Å². The quantitative estimate of drug-likeness (QED) is 0.708. The van der Waals surface area contributed by atoms with E-state index in [2.05, 4.69) is 6.58 Å². The van der Waals surface area contributed by atoms with Crippen LogP contribution in [0, 0.1) is 0 Å². The molecule has 2 nitrogen and oxygen atoms in total. The first-order chi connectivity index (χ1) is 6.74. The van der Waals surface area contributed by atoms with Crippen molar-refractivity contribution in [2.75, 3.05) is 0 Å². The van der Waals surface area contributed by atoms with Gasteiger partial charge in [-0.2, -0.15) is 0 Å². The van der Waals surface area contributed by atoms with Crippen molar-refractivity contribution in [3.63, 3.8) is 0 Å². The van der Waals surface area contributed by atoms with Crippen molar-refractivity contribution in [3.05, 3.63) is 54.6 Å². The molecule has 0 spiro atoms. The highest BCUT2D eigenvalue weighted by Gasteiger charge is 2.07. The Morgan fingerprint density at radius 2 is 1.71 bits per heavy atom. The smallest absolute Gasteiger partial charge is 0.102 e. The van der Waals surface area contributed by atoms with Gasteiger partial charge < -0.3 is 10.2 Å². The second-order valence-electron chi connectivity index (χ2n) is 2.99. The molecule has 0 saturated heterocycles. The van der Waals surface area contributed by atoms with E-state index in [9.17, 15) is 10.2 Å². The normalized spacial score (nSPS) is 15.3. The Kier molecular flexibility index (Phi) is 4.11. The number of benzene rings is 1. The molecule has 0 aliphatic rings. The van der Waals surface area contributed by atoms with Crippen LogP contribution >= 0.6 is 0 Å². The Labute approximate surface area is 83.8 Å². The Balaban J connectivity index is 2.60. The second-order valence-corrected chi connectivity index (χ2v) is 2.99. The Morgan fingerprint density at radius 3 is 2.29 bits per heavy atom. The van der Waals surface area contributed by atoms with E-state index in [1.54, 1.807) is 12.2 Å². The summed E-state index contributed by atoms with van der Waals surface area (Å²) in [5, 5.41) is 18.6. The highest BCUT2D eigenvalue weighted by Crippen LogP contribution is 2.04. The summed E-state index contributed by atoms with van der Waals surface area (Å²) in [6.07, 6.45) is 2.81. The minimum absolute atomic E-state index is 0.896. The lowest BCUT2D eigenvalue weighted by Crippen LogP contribution is -2.20. The molecule has 0 aromatic heterocycles. The van der Waals surface area contributed by atoms with E-state index in [0.717, 1.165) is 5.56 Å². The van der Waals surface area contributed by atoms with Crippen LogP contribution < -0.4 is 0 Å². The van der Waals surface area contributed by atoms with E-state index >= 15 is 0 Å². The number of aliphatic hydroxyl groups is 2. The predicted molar refractivity (Wildman–Crippen MR) is 57.7 cm³/mol. The third-order valence-corrected chi connectivity index (χ3v) is 1.88. The molecule has 14 heavy (non-hydrogen) atoms. The van der Waals surface area contributed by atoms with Crippen LogP contribution in [0.25, 0.3) is 6.08 Å². The molecule has 0 saturated carbocycles. The lowest BCUT2D eigenvalue weighted by atomic mass is 10.1. The number of rotatable bonds is 4. The van der Waals surface area contributed by atoms with Gasteiger partial charge >= 0.3 is 0 Å². The average Bonchev–Trinajstić information content (AvgIpc) is 2.26. The molecule has 1 aromatic carbocycles. The van der Waals surface area contributed by atoms with Gasteiger partial charge in [0.15, 0.2) is 0 Å². The van der Waals surface area contributed by atoms with E-state index < -0.39 is 12.2 Å². The second kappa shape index (κ2) is 5.37. The number of aliphatic hydroxyl groups excluding tert-OH is 2. The molecule has 0 bridgehead atoms. The van der Waals surface area contributed by atoms with Gasteiger partial charge in [-0.1, -0.05) is 48.6 Å². The van der Waals surface area contributed by atoms with Crippen molar-refractivity contribution in [1.82, 2.24) is 0 Å². The fourth-order valence-corrected chi connectivity index (χ4v) is 1.03. The summed E-state index contributed by atoms with van der Waals surface area (Å²) >= 11 is 0. The molecule has 0 amide bonds. The summed E-state index contributed by atoms with van der Waals surface area (Å²) in [6, 6.07) is 9.59. The Morgan fingerprint density at radius 1 is 1.07 bits per heavy atom. The fraction of sp³-hybridized carbons (Fsp3) is 0.167. The zero-order chi connectivity index (χ0) is 10.4. The molecule has 74 valence electrons. The summed E-state index contributed by atoms with van der Waals surface area (Å²) < 4.78 is 0. The van der Waals surface area contributed by atoms with Gasteiger partial charge in [0.05, 0.1) is 0 Å². The maximum atomic E-state index is 9.37. The first-order valence-electron chi connectivity index (χ1n) is 4.46. The maximum absolute atomic E-state index is 9.37. The summed E-state index contributed by atoms with van der Waals surface area (Å²) in [7, 11) is 0. The summed E-state index contributed by atoms with van der Waals surface area (Å²) in [5.74, 6) is 0. The van der Waals surface area contributed by atoms with Crippen LogP contribution in [0.15, 0.2) is 49.1 Å². The molecule has 0 aliphatic carbocycles. The van der Waals surface area contributed by atoms with Crippen molar-refractivity contribution in [1.29, 1.82) is 0 Å². The molecule has 0 radical (unpaired) electrons. The van der Waals surface area contributed by atoms with Gasteiger partial charge in [-0.25, -0.2) is 0 Å². The van der Waals surface area contributed by atoms with Gasteiger partial charge in [0.25, 0.3) is 0 Å². The van der Waals surface area contributed by atoms with Crippen LogP contribution in [0.5, 0.6) is 0 Å². The summed E-state index contributed by atoms with van der Waals surface area (Å²) in [4.78, 5) is 0. The Hall–Kier alpha value is -1.38. The van der Waals surface area contributed by atoms with E-state index in [0.29, 0.717) is 0 Å². The van der Waals surface area contributed by atoms with Crippen LogP contribution in [-0.4, -0.2) is 22.4 Å². The summed E-state index contributed by atoms with van der Waals surface area (Å²) in [6.45, 7) is 3.39. The molecular weight excluding hydrogens is 176 g/mol. The maximum Gasteiger partial charge on any atom is 0.102 e. The first kappa shape index (κ1) is 10.7. The van der Waals surface area contributed by atoms with Gasteiger partial charge in [-0.05, 0) is 5.56 Å². The lowest BCUT2D eigenvalue weighted by molar-refractivity contribution is 0.0816. The molecule has 2 N–H and O–H groups in total. The highest BCUT2D eigenvalue weighted by molar-refractivity contribution is 5.49. The van der Waals surface area contributed by atoms with Crippen molar-refractivity contribution >= 4 is 6.08 Å². The van der Waals surface area contributed by atoms with E-state index in [1.807, 2.05) is 30.3 Å². The largest absolute Gasteiger partial charge is 0.386 e. The van der Waals surface area contributed by atoms with Gasteiger partial charge in [0, 0.05) is 0 Å². The minimum atomic E-state index is -0.907. The van der Waals surface area contributed by atoms with Crippen LogP contribution in [0.3, 0.4) is 0 Å². The zero-order valence-corrected chi connectivity index (χ0v) is 7.88. The molecule has 1 aromatic rings. The molecular formula is C12H14O2. The van der Waals surface area contributed by atoms with E-state index in [-0.39, 0.29) is 0 Å². The van der Waals surface area contributed by atoms with E-state index in [4.69, 9.17) is 0 Å². The predicted octanol–water partition coefficient (Wildman–Crippen LogP) is 1.61. The van der Waals surface area contributed by atoms with Crippen LogP contribution in [0.4, 0.5) is 0 Å². The highest BCUT2D eigenvalue weighted by atomic mass is 16.3. The van der Waals surface area contributed by atoms with Crippen LogP contribution in [-0.2, 0) is 0 Å². The average molecular weight is 190 g/mol. The van der Waals surface area contributed by atoms with Crippen molar-refractivity contribution < 1.29 is 10.2 Å². The fourth-order valence-electron chi connectivity index (χ4n) is 1.03. The minimum Gasteiger partial charge on any atom is -0.386 e. The number of hydrogen-bond donors (Lipinski definition) is 2. The van der Waals surface area contributed by atoms with Gasteiger partial charge in [0.1, 0.15) is 12.2 Å². The summed E-state index contributed by atoms with van der Waals surface area (Å²) in [5.41, 5.74) is 0.989. The zero-order valence-electron chi connectivity index (χ0n) is 7.88. The van der Waals surface area contributed by atoms with Gasteiger partial charge in [-0.3, -0.25) is 0 Å². The van der Waals surface area contributed by atoms with Crippen molar-refractivity contribution in [2.24, 2.45) is 0 Å². The lowest BCUT2D eigenvalue weighted by Gasteiger charge is -2.08. The molecule has 0 heterocycles. The topological polar surface area (TPSA) is 40.5 Å². The van der Waals surface area contributed by atoms with Gasteiger partial charge in [-0.15, -0.1) is 6.58 Å². The molecule has 0 aliphatic heterocycles. The molecule has 2 atom stereocenters. The molecule has 0 fully saturated rings.